The van der Waals surface area contributed by atoms with E-state index in [1.54, 1.807) is 28.8 Å². The van der Waals surface area contributed by atoms with Crippen molar-refractivity contribution in [2.24, 2.45) is 0 Å². The summed E-state index contributed by atoms with van der Waals surface area (Å²) in [5.74, 6) is -0.248. The molecule has 22 heavy (non-hydrogen) atoms. The fourth-order valence-corrected chi connectivity index (χ4v) is 2.53. The monoisotopic (exact) mass is 353 g/mol. The number of rotatable bonds is 3. The van der Waals surface area contributed by atoms with Crippen molar-refractivity contribution in [3.63, 3.8) is 0 Å². The molecule has 0 aliphatic rings. The average Bonchev–Trinajstić information content (AvgIpc) is 2.92. The molecule has 0 saturated heterocycles. The number of amides is 1. The first-order valence-corrected chi connectivity index (χ1v) is 7.54. The van der Waals surface area contributed by atoms with Gasteiger partial charge in [0.05, 0.1) is 22.3 Å². The summed E-state index contributed by atoms with van der Waals surface area (Å²) in [5, 5.41) is 4.10. The molecule has 0 fully saturated rings. The maximum Gasteiger partial charge on any atom is 0.251 e. The van der Waals surface area contributed by atoms with E-state index in [9.17, 15) is 4.79 Å². The van der Waals surface area contributed by atoms with Crippen molar-refractivity contribution in [1.29, 1.82) is 0 Å². The Hall–Kier alpha value is -1.75. The molecule has 0 saturated carbocycles. The SMILES string of the molecule is O=C(NCc1cn2c(Cl)cccc2n1)c1ccc(Cl)c(Cl)c1. The highest BCUT2D eigenvalue weighted by atomic mass is 35.5. The van der Waals surface area contributed by atoms with Gasteiger partial charge in [0.25, 0.3) is 5.91 Å². The Labute approximate surface area is 141 Å². The molecule has 112 valence electrons. The number of halogens is 3. The Kier molecular flexibility index (Phi) is 4.25. The highest BCUT2D eigenvalue weighted by Crippen LogP contribution is 2.22. The van der Waals surface area contributed by atoms with Gasteiger partial charge >= 0.3 is 0 Å². The highest BCUT2D eigenvalue weighted by Gasteiger charge is 2.09. The van der Waals surface area contributed by atoms with Crippen LogP contribution in [0.1, 0.15) is 16.1 Å². The van der Waals surface area contributed by atoms with Crippen LogP contribution in [-0.2, 0) is 6.54 Å². The number of aromatic nitrogens is 2. The van der Waals surface area contributed by atoms with Crippen LogP contribution in [-0.4, -0.2) is 15.3 Å². The van der Waals surface area contributed by atoms with Crippen molar-refractivity contribution in [1.82, 2.24) is 14.7 Å². The van der Waals surface area contributed by atoms with Gasteiger partial charge in [-0.05, 0) is 30.3 Å². The molecule has 0 aliphatic carbocycles. The van der Waals surface area contributed by atoms with E-state index in [0.717, 1.165) is 5.65 Å². The maximum absolute atomic E-state index is 12.1. The summed E-state index contributed by atoms with van der Waals surface area (Å²) >= 11 is 17.8. The molecule has 0 atom stereocenters. The Balaban J connectivity index is 1.74. The second-order valence-corrected chi connectivity index (χ2v) is 5.82. The lowest BCUT2D eigenvalue weighted by Gasteiger charge is -2.04. The number of fused-ring (bicyclic) bond motifs is 1. The lowest BCUT2D eigenvalue weighted by Crippen LogP contribution is -2.22. The van der Waals surface area contributed by atoms with Gasteiger partial charge in [0.2, 0.25) is 0 Å². The smallest absolute Gasteiger partial charge is 0.251 e. The lowest BCUT2D eigenvalue weighted by atomic mass is 10.2. The Morgan fingerprint density at radius 1 is 1.14 bits per heavy atom. The number of nitrogens with zero attached hydrogens (tertiary/aromatic N) is 2. The highest BCUT2D eigenvalue weighted by molar-refractivity contribution is 6.42. The van der Waals surface area contributed by atoms with E-state index in [4.69, 9.17) is 34.8 Å². The molecule has 3 aromatic rings. The van der Waals surface area contributed by atoms with Crippen molar-refractivity contribution < 1.29 is 4.79 Å². The van der Waals surface area contributed by atoms with Gasteiger partial charge in [-0.25, -0.2) is 4.98 Å². The third-order valence-electron chi connectivity index (χ3n) is 3.10. The van der Waals surface area contributed by atoms with Crippen molar-refractivity contribution in [2.75, 3.05) is 0 Å². The van der Waals surface area contributed by atoms with Crippen LogP contribution in [0.2, 0.25) is 15.2 Å². The third kappa shape index (κ3) is 3.04. The summed E-state index contributed by atoms with van der Waals surface area (Å²) in [4.78, 5) is 16.5. The minimum Gasteiger partial charge on any atom is -0.346 e. The van der Waals surface area contributed by atoms with Crippen molar-refractivity contribution in [3.8, 4) is 0 Å². The fraction of sp³-hybridized carbons (Fsp3) is 0.0667. The lowest BCUT2D eigenvalue weighted by molar-refractivity contribution is 0.0950. The molecule has 3 rings (SSSR count). The van der Waals surface area contributed by atoms with E-state index in [2.05, 4.69) is 10.3 Å². The van der Waals surface area contributed by atoms with Crippen LogP contribution >= 0.6 is 34.8 Å². The number of benzene rings is 1. The quantitative estimate of drug-likeness (QED) is 0.716. The molecular formula is C15H10Cl3N3O. The first-order valence-electron chi connectivity index (χ1n) is 6.40. The zero-order chi connectivity index (χ0) is 15.7. The molecule has 1 N–H and O–H groups in total. The molecule has 0 aliphatic heterocycles. The molecule has 0 spiro atoms. The number of nitrogens with one attached hydrogen (secondary N) is 1. The summed E-state index contributed by atoms with van der Waals surface area (Å²) < 4.78 is 1.75. The molecule has 2 heterocycles. The minimum absolute atomic E-state index is 0.248. The topological polar surface area (TPSA) is 46.4 Å². The van der Waals surface area contributed by atoms with E-state index in [1.807, 2.05) is 12.1 Å². The first-order chi connectivity index (χ1) is 10.5. The Morgan fingerprint density at radius 3 is 2.68 bits per heavy atom. The summed E-state index contributed by atoms with van der Waals surface area (Å²) in [6.45, 7) is 0.289. The summed E-state index contributed by atoms with van der Waals surface area (Å²) in [7, 11) is 0. The third-order valence-corrected chi connectivity index (χ3v) is 4.15. The Morgan fingerprint density at radius 2 is 1.95 bits per heavy atom. The summed E-state index contributed by atoms with van der Waals surface area (Å²) in [6, 6.07) is 10.2. The van der Waals surface area contributed by atoms with E-state index < -0.39 is 0 Å². The molecule has 2 aromatic heterocycles. The maximum atomic E-state index is 12.1. The molecule has 0 bridgehead atoms. The van der Waals surface area contributed by atoms with Gasteiger partial charge in [0.15, 0.2) is 0 Å². The molecule has 0 radical (unpaired) electrons. The van der Waals surface area contributed by atoms with Gasteiger partial charge in [-0.1, -0.05) is 40.9 Å². The van der Waals surface area contributed by atoms with Crippen LogP contribution < -0.4 is 5.32 Å². The minimum atomic E-state index is -0.248. The number of hydrogen-bond acceptors (Lipinski definition) is 2. The molecule has 4 nitrogen and oxygen atoms in total. The Bertz CT molecular complexity index is 860. The zero-order valence-corrected chi connectivity index (χ0v) is 13.5. The van der Waals surface area contributed by atoms with Gasteiger partial charge in [-0.15, -0.1) is 0 Å². The van der Waals surface area contributed by atoms with Crippen molar-refractivity contribution >= 4 is 46.4 Å². The van der Waals surface area contributed by atoms with Crippen molar-refractivity contribution in [3.05, 3.63) is 69.1 Å². The van der Waals surface area contributed by atoms with E-state index in [-0.39, 0.29) is 12.5 Å². The van der Waals surface area contributed by atoms with Crippen LogP contribution in [0.25, 0.3) is 5.65 Å². The van der Waals surface area contributed by atoms with Gasteiger partial charge in [-0.2, -0.15) is 0 Å². The number of pyridine rings is 1. The molecule has 1 amide bonds. The van der Waals surface area contributed by atoms with E-state index >= 15 is 0 Å². The molecular weight excluding hydrogens is 345 g/mol. The summed E-state index contributed by atoms with van der Waals surface area (Å²) in [5.41, 5.74) is 1.88. The zero-order valence-electron chi connectivity index (χ0n) is 11.2. The summed E-state index contributed by atoms with van der Waals surface area (Å²) in [6.07, 6.45) is 1.78. The average molecular weight is 355 g/mol. The predicted molar refractivity (Wildman–Crippen MR) is 87.8 cm³/mol. The normalized spacial score (nSPS) is 10.9. The van der Waals surface area contributed by atoms with Gasteiger partial charge in [-0.3, -0.25) is 9.20 Å². The van der Waals surface area contributed by atoms with Crippen LogP contribution in [0.4, 0.5) is 0 Å². The fourth-order valence-electron chi connectivity index (χ4n) is 2.02. The molecule has 1 aromatic carbocycles. The van der Waals surface area contributed by atoms with E-state index in [0.29, 0.717) is 26.5 Å². The van der Waals surface area contributed by atoms with Crippen molar-refractivity contribution in [2.45, 2.75) is 6.54 Å². The van der Waals surface area contributed by atoms with Gasteiger partial charge < -0.3 is 5.32 Å². The number of hydrogen-bond donors (Lipinski definition) is 1. The van der Waals surface area contributed by atoms with Gasteiger partial charge in [0, 0.05) is 11.8 Å². The number of carbonyl (C=O) groups excluding carboxylic acids is 1. The standard InChI is InChI=1S/C15H10Cl3N3O/c16-11-5-4-9(6-12(11)17)15(22)19-7-10-8-21-13(18)2-1-3-14(21)20-10/h1-6,8H,7H2,(H,19,22). The number of imidazole rings is 1. The first kappa shape index (κ1) is 15.2. The molecule has 7 heteroatoms. The largest absolute Gasteiger partial charge is 0.346 e. The van der Waals surface area contributed by atoms with Gasteiger partial charge in [0.1, 0.15) is 10.8 Å². The van der Waals surface area contributed by atoms with E-state index in [1.165, 1.54) is 6.07 Å². The van der Waals surface area contributed by atoms with Crippen LogP contribution in [0.15, 0.2) is 42.6 Å². The van der Waals surface area contributed by atoms with Crippen LogP contribution in [0.5, 0.6) is 0 Å². The van der Waals surface area contributed by atoms with Crippen LogP contribution in [0.3, 0.4) is 0 Å². The van der Waals surface area contributed by atoms with Crippen LogP contribution in [0, 0.1) is 0 Å². The second-order valence-electron chi connectivity index (χ2n) is 4.62. The second kappa shape index (κ2) is 6.16. The predicted octanol–water partition coefficient (Wildman–Crippen LogP) is 4.22. The molecule has 0 unspecified atom stereocenters. The number of carbonyl (C=O) groups is 1.